The number of thioether (sulfide) groups is 1. The molecule has 2 rings (SSSR count). The van der Waals surface area contributed by atoms with E-state index >= 15 is 0 Å². The Morgan fingerprint density at radius 2 is 2.06 bits per heavy atom. The van der Waals surface area contributed by atoms with Crippen LogP contribution >= 0.6 is 11.8 Å². The highest BCUT2D eigenvalue weighted by molar-refractivity contribution is 8.14. The summed E-state index contributed by atoms with van der Waals surface area (Å²) >= 11 is 1.64. The molecule has 1 N–H and O–H groups in total. The van der Waals surface area contributed by atoms with Gasteiger partial charge in [-0.1, -0.05) is 11.8 Å². The van der Waals surface area contributed by atoms with Gasteiger partial charge >= 0.3 is 0 Å². The Balaban J connectivity index is 2.26. The Hall–Kier alpha value is -0.880. The second kappa shape index (κ2) is 5.40. The Morgan fingerprint density at radius 3 is 2.56 bits per heavy atom. The van der Waals surface area contributed by atoms with E-state index in [2.05, 4.69) is 4.99 Å². The van der Waals surface area contributed by atoms with E-state index in [1.165, 1.54) is 0 Å². The number of rotatable bonds is 3. The molecule has 0 spiro atoms. The molecule has 6 heteroatoms. The van der Waals surface area contributed by atoms with Gasteiger partial charge in [0.25, 0.3) is 0 Å². The van der Waals surface area contributed by atoms with Crippen LogP contribution in [0.4, 0.5) is 0 Å². The van der Waals surface area contributed by atoms with Crippen LogP contribution in [-0.4, -0.2) is 59.7 Å². The van der Waals surface area contributed by atoms with Crippen LogP contribution < -0.4 is 0 Å². The van der Waals surface area contributed by atoms with E-state index in [1.807, 2.05) is 19.0 Å². The van der Waals surface area contributed by atoms with Crippen LogP contribution in [0.2, 0.25) is 0 Å². The number of aliphatic imine (C=N–C) groups is 1. The van der Waals surface area contributed by atoms with Crippen molar-refractivity contribution >= 4 is 29.5 Å². The first-order valence-corrected chi connectivity index (χ1v) is 6.93. The quantitative estimate of drug-likeness (QED) is 0.733. The second-order valence-electron chi connectivity index (χ2n) is 5.06. The fourth-order valence-corrected chi connectivity index (χ4v) is 4.14. The van der Waals surface area contributed by atoms with Crippen molar-refractivity contribution in [3.05, 3.63) is 0 Å². The lowest BCUT2D eigenvalue weighted by atomic mass is 9.71. The molecule has 0 amide bonds. The summed E-state index contributed by atoms with van der Waals surface area (Å²) in [5, 5.41) is 10.5. The monoisotopic (exact) mass is 270 g/mol. The average Bonchev–Trinajstić information content (AvgIpc) is 2.79. The Bertz CT molecular complexity index is 372. The van der Waals surface area contributed by atoms with Crippen LogP contribution in [-0.2, 0) is 9.59 Å². The molecular weight excluding hydrogens is 252 g/mol. The minimum absolute atomic E-state index is 0.0468. The summed E-state index contributed by atoms with van der Waals surface area (Å²) in [5.74, 6) is -0.925. The number of nitrogens with zero attached hydrogens (tertiary/aromatic N) is 2. The van der Waals surface area contributed by atoms with E-state index in [-0.39, 0.29) is 23.8 Å². The van der Waals surface area contributed by atoms with E-state index in [4.69, 9.17) is 0 Å². The first kappa shape index (κ1) is 13.5. The van der Waals surface area contributed by atoms with E-state index < -0.39 is 11.8 Å². The van der Waals surface area contributed by atoms with Crippen LogP contribution in [0.1, 0.15) is 6.42 Å². The molecule has 1 heterocycles. The van der Waals surface area contributed by atoms with Crippen molar-refractivity contribution in [2.45, 2.75) is 17.7 Å². The molecule has 1 saturated carbocycles. The van der Waals surface area contributed by atoms with Gasteiger partial charge in [0.1, 0.15) is 12.6 Å². The minimum atomic E-state index is -0.403. The zero-order chi connectivity index (χ0) is 13.3. The summed E-state index contributed by atoms with van der Waals surface area (Å²) < 4.78 is 0. The highest BCUT2D eigenvalue weighted by Gasteiger charge is 2.48. The fraction of sp³-hybridized carbons (Fsp3) is 0.750. The van der Waals surface area contributed by atoms with Gasteiger partial charge in [-0.25, -0.2) is 0 Å². The molecule has 2 aliphatic rings. The molecule has 0 radical (unpaired) electrons. The standard InChI is InChI=1S/C12H18N2O3S/c1-14(2)12-13-11-9(6-17)8(5-16)7(4-15)3-10(11)18-12/h5-11,15H,3-4H2,1-2H3/t7-,8+,9+,10-,11+/m0/s1. The van der Waals surface area contributed by atoms with Gasteiger partial charge in [0.05, 0.1) is 6.04 Å². The van der Waals surface area contributed by atoms with Crippen LogP contribution in [0.3, 0.4) is 0 Å². The maximum absolute atomic E-state index is 11.3. The molecule has 0 unspecified atom stereocenters. The van der Waals surface area contributed by atoms with Crippen molar-refractivity contribution in [2.24, 2.45) is 22.7 Å². The fourth-order valence-electron chi connectivity index (χ4n) is 2.76. The zero-order valence-electron chi connectivity index (χ0n) is 10.5. The molecule has 1 aliphatic heterocycles. The third-order valence-corrected chi connectivity index (χ3v) is 5.20. The lowest BCUT2D eigenvalue weighted by Gasteiger charge is -2.37. The summed E-state index contributed by atoms with van der Waals surface area (Å²) in [6.45, 7) is -0.0468. The Labute approximate surface area is 111 Å². The summed E-state index contributed by atoms with van der Waals surface area (Å²) in [4.78, 5) is 28.9. The molecule has 5 nitrogen and oxygen atoms in total. The Kier molecular flexibility index (Phi) is 4.07. The Morgan fingerprint density at radius 1 is 1.39 bits per heavy atom. The van der Waals surface area contributed by atoms with Gasteiger partial charge in [-0.3, -0.25) is 4.99 Å². The maximum atomic E-state index is 11.3. The molecule has 100 valence electrons. The third kappa shape index (κ3) is 2.19. The molecule has 0 aromatic rings. The topological polar surface area (TPSA) is 70.0 Å². The highest BCUT2D eigenvalue weighted by Crippen LogP contribution is 2.44. The molecule has 0 aromatic carbocycles. The van der Waals surface area contributed by atoms with Crippen LogP contribution in [0, 0.1) is 17.8 Å². The SMILES string of the molecule is CN(C)C1=N[C@@H]2[C@H](C=O)[C@H](C=O)[C@H](CO)C[C@@H]2S1. The maximum Gasteiger partial charge on any atom is 0.159 e. The van der Waals surface area contributed by atoms with Crippen LogP contribution in [0.5, 0.6) is 0 Å². The van der Waals surface area contributed by atoms with Gasteiger partial charge in [0, 0.05) is 37.8 Å². The number of fused-ring (bicyclic) bond motifs is 1. The summed E-state index contributed by atoms with van der Waals surface area (Å²) in [6.07, 6.45) is 2.38. The lowest BCUT2D eigenvalue weighted by molar-refractivity contribution is -0.124. The minimum Gasteiger partial charge on any atom is -0.396 e. The highest BCUT2D eigenvalue weighted by atomic mass is 32.2. The number of carbonyl (C=O) groups is 2. The van der Waals surface area contributed by atoms with Crippen molar-refractivity contribution < 1.29 is 14.7 Å². The first-order chi connectivity index (χ1) is 8.62. The van der Waals surface area contributed by atoms with Crippen molar-refractivity contribution in [1.29, 1.82) is 0 Å². The zero-order valence-corrected chi connectivity index (χ0v) is 11.3. The van der Waals surface area contributed by atoms with Crippen LogP contribution in [0.15, 0.2) is 4.99 Å². The normalized spacial score (nSPS) is 38.8. The summed E-state index contributed by atoms with van der Waals surface area (Å²) in [5.41, 5.74) is 0. The smallest absolute Gasteiger partial charge is 0.159 e. The van der Waals surface area contributed by atoms with E-state index in [1.54, 1.807) is 11.8 Å². The number of aliphatic hydroxyl groups is 1. The van der Waals surface area contributed by atoms with E-state index in [0.29, 0.717) is 0 Å². The van der Waals surface area contributed by atoms with Gasteiger partial charge in [-0.2, -0.15) is 0 Å². The first-order valence-electron chi connectivity index (χ1n) is 6.05. The lowest BCUT2D eigenvalue weighted by Crippen LogP contribution is -2.45. The molecule has 1 fully saturated rings. The van der Waals surface area contributed by atoms with Gasteiger partial charge in [0.15, 0.2) is 5.17 Å². The second-order valence-corrected chi connectivity index (χ2v) is 6.26. The van der Waals surface area contributed by atoms with Gasteiger partial charge in [0.2, 0.25) is 0 Å². The molecule has 0 bridgehead atoms. The van der Waals surface area contributed by atoms with E-state index in [9.17, 15) is 14.7 Å². The summed E-state index contributed by atoms with van der Waals surface area (Å²) in [6, 6.07) is -0.122. The van der Waals surface area contributed by atoms with Crippen molar-refractivity contribution in [3.63, 3.8) is 0 Å². The molecule has 0 saturated heterocycles. The van der Waals surface area contributed by atoms with Gasteiger partial charge in [-0.15, -0.1) is 0 Å². The third-order valence-electron chi connectivity index (χ3n) is 3.75. The molecule has 18 heavy (non-hydrogen) atoms. The number of hydrogen-bond donors (Lipinski definition) is 1. The molecular formula is C12H18N2O3S. The summed E-state index contributed by atoms with van der Waals surface area (Å²) in [7, 11) is 3.83. The average molecular weight is 270 g/mol. The number of hydrogen-bond acceptors (Lipinski definition) is 6. The number of aldehydes is 2. The molecule has 0 aromatic heterocycles. The number of amidine groups is 1. The van der Waals surface area contributed by atoms with Crippen molar-refractivity contribution in [3.8, 4) is 0 Å². The predicted octanol–water partition coefficient (Wildman–Crippen LogP) is 0.0304. The molecule has 5 atom stereocenters. The predicted molar refractivity (Wildman–Crippen MR) is 70.6 cm³/mol. The van der Waals surface area contributed by atoms with Gasteiger partial charge in [-0.05, 0) is 12.3 Å². The van der Waals surface area contributed by atoms with Crippen molar-refractivity contribution in [1.82, 2.24) is 4.90 Å². The van der Waals surface area contributed by atoms with E-state index in [0.717, 1.165) is 24.2 Å². The van der Waals surface area contributed by atoms with Crippen LogP contribution in [0.25, 0.3) is 0 Å². The molecule has 1 aliphatic carbocycles. The number of aliphatic hydroxyl groups excluding tert-OH is 1. The number of carbonyl (C=O) groups excluding carboxylic acids is 2. The largest absolute Gasteiger partial charge is 0.396 e. The van der Waals surface area contributed by atoms with Gasteiger partial charge < -0.3 is 19.6 Å². The van der Waals surface area contributed by atoms with Crippen molar-refractivity contribution in [2.75, 3.05) is 20.7 Å².